The molecule has 0 fully saturated rings. The van der Waals surface area contributed by atoms with Crippen molar-refractivity contribution in [1.29, 1.82) is 0 Å². The summed E-state index contributed by atoms with van der Waals surface area (Å²) in [7, 11) is 3.29. The van der Waals surface area contributed by atoms with Gasteiger partial charge in [0.1, 0.15) is 11.5 Å². The van der Waals surface area contributed by atoms with Crippen molar-refractivity contribution in [3.63, 3.8) is 0 Å². The molecule has 0 saturated carbocycles. The highest BCUT2D eigenvalue weighted by Gasteiger charge is 2.38. The van der Waals surface area contributed by atoms with Crippen molar-refractivity contribution >= 4 is 28.7 Å². The Labute approximate surface area is 206 Å². The molecule has 0 radical (unpaired) electrons. The number of hydrogen-bond acceptors (Lipinski definition) is 6. The number of amides is 2. The summed E-state index contributed by atoms with van der Waals surface area (Å²) in [6.45, 7) is 3.49. The van der Waals surface area contributed by atoms with Crippen LogP contribution in [0.2, 0.25) is 0 Å². The fourth-order valence-corrected chi connectivity index (χ4v) is 5.02. The lowest BCUT2D eigenvalue weighted by molar-refractivity contribution is -0.109. The number of imide groups is 1. The number of carbonyl (C=O) groups excluding carboxylic acids is 3. The first-order valence-electron chi connectivity index (χ1n) is 11.7. The molecule has 2 amide bonds. The Kier molecular flexibility index (Phi) is 9.16. The molecule has 6 nitrogen and oxygen atoms in total. The summed E-state index contributed by atoms with van der Waals surface area (Å²) < 4.78 is 11.3. The molecule has 34 heavy (non-hydrogen) atoms. The number of fused-ring (bicyclic) bond motifs is 1. The van der Waals surface area contributed by atoms with Gasteiger partial charge < -0.3 is 9.47 Å². The Hall–Kier alpha value is -2.80. The third-order valence-electron chi connectivity index (χ3n) is 6.11. The zero-order chi connectivity index (χ0) is 24.7. The van der Waals surface area contributed by atoms with Crippen molar-refractivity contribution in [2.75, 3.05) is 20.0 Å². The summed E-state index contributed by atoms with van der Waals surface area (Å²) in [4.78, 5) is 38.0. The van der Waals surface area contributed by atoms with Gasteiger partial charge in [-0.3, -0.25) is 19.3 Å². The monoisotopic (exact) mass is 483 g/mol. The van der Waals surface area contributed by atoms with Crippen molar-refractivity contribution < 1.29 is 23.9 Å². The molecule has 0 saturated heterocycles. The average molecular weight is 484 g/mol. The lowest BCUT2D eigenvalue weighted by atomic mass is 9.98. The number of benzene rings is 2. The van der Waals surface area contributed by atoms with Gasteiger partial charge in [0.15, 0.2) is 5.12 Å². The minimum atomic E-state index is -0.329. The van der Waals surface area contributed by atoms with E-state index in [1.807, 2.05) is 19.1 Å². The van der Waals surface area contributed by atoms with E-state index in [9.17, 15) is 14.4 Å². The Morgan fingerprint density at radius 2 is 1.47 bits per heavy atom. The van der Waals surface area contributed by atoms with Crippen LogP contribution in [0.1, 0.15) is 71.4 Å². The quantitative estimate of drug-likeness (QED) is 0.301. The van der Waals surface area contributed by atoms with E-state index in [0.717, 1.165) is 60.5 Å². The summed E-state index contributed by atoms with van der Waals surface area (Å²) >= 11 is 1.39. The second-order valence-electron chi connectivity index (χ2n) is 8.56. The highest BCUT2D eigenvalue weighted by molar-refractivity contribution is 8.13. The van der Waals surface area contributed by atoms with Gasteiger partial charge >= 0.3 is 0 Å². The molecule has 7 heteroatoms. The maximum absolute atomic E-state index is 12.8. The van der Waals surface area contributed by atoms with Crippen LogP contribution in [0.3, 0.4) is 0 Å². The predicted octanol–water partition coefficient (Wildman–Crippen LogP) is 5.31. The van der Waals surface area contributed by atoms with Crippen LogP contribution in [-0.2, 0) is 17.6 Å². The van der Waals surface area contributed by atoms with Crippen molar-refractivity contribution in [2.24, 2.45) is 0 Å². The van der Waals surface area contributed by atoms with Crippen LogP contribution < -0.4 is 9.47 Å². The number of carbonyl (C=O) groups is 3. The Bertz CT molecular complexity index is 1020. The van der Waals surface area contributed by atoms with Gasteiger partial charge in [0.2, 0.25) is 0 Å². The third kappa shape index (κ3) is 6.00. The SMILES string of the molecule is COc1cc(CC(C)N2C(=O)c3ccccc3C2=O)c(OC)cc1CCCCCCSC(C)=O. The van der Waals surface area contributed by atoms with Crippen molar-refractivity contribution in [3.05, 3.63) is 58.7 Å². The van der Waals surface area contributed by atoms with Gasteiger partial charge in [-0.05, 0) is 68.0 Å². The van der Waals surface area contributed by atoms with E-state index < -0.39 is 0 Å². The van der Waals surface area contributed by atoms with E-state index in [1.54, 1.807) is 45.4 Å². The van der Waals surface area contributed by atoms with Gasteiger partial charge in [0.05, 0.1) is 25.3 Å². The van der Waals surface area contributed by atoms with E-state index in [-0.39, 0.29) is 23.0 Å². The molecule has 0 aliphatic carbocycles. The molecule has 2 aromatic carbocycles. The topological polar surface area (TPSA) is 72.9 Å². The summed E-state index contributed by atoms with van der Waals surface area (Å²) in [5.74, 6) is 1.90. The van der Waals surface area contributed by atoms with E-state index in [2.05, 4.69) is 0 Å². The summed E-state index contributed by atoms with van der Waals surface area (Å²) in [6.07, 6.45) is 5.58. The van der Waals surface area contributed by atoms with E-state index in [0.29, 0.717) is 17.5 Å². The Morgan fingerprint density at radius 3 is 2.06 bits per heavy atom. The molecule has 2 aromatic rings. The summed E-state index contributed by atoms with van der Waals surface area (Å²) in [5.41, 5.74) is 2.89. The molecular weight excluding hydrogens is 450 g/mol. The van der Waals surface area contributed by atoms with Gasteiger partial charge in [0, 0.05) is 18.7 Å². The Balaban J connectivity index is 1.65. The molecule has 0 bridgehead atoms. The van der Waals surface area contributed by atoms with Gasteiger partial charge in [-0.2, -0.15) is 0 Å². The van der Waals surface area contributed by atoms with Crippen molar-refractivity contribution in [3.8, 4) is 11.5 Å². The normalized spacial score (nSPS) is 13.7. The van der Waals surface area contributed by atoms with Gasteiger partial charge in [-0.25, -0.2) is 0 Å². The lowest BCUT2D eigenvalue weighted by Crippen LogP contribution is -2.39. The molecule has 0 spiro atoms. The minimum absolute atomic E-state index is 0.175. The molecule has 1 atom stereocenters. The summed E-state index contributed by atoms with van der Waals surface area (Å²) in [6, 6.07) is 10.6. The van der Waals surface area contributed by atoms with Crippen LogP contribution in [0.25, 0.3) is 0 Å². The fourth-order valence-electron chi connectivity index (χ4n) is 4.38. The van der Waals surface area contributed by atoms with E-state index in [4.69, 9.17) is 9.47 Å². The van der Waals surface area contributed by atoms with E-state index >= 15 is 0 Å². The molecule has 182 valence electrons. The number of nitrogens with zero attached hydrogens (tertiary/aromatic N) is 1. The van der Waals surface area contributed by atoms with Crippen LogP contribution >= 0.6 is 11.8 Å². The first-order chi connectivity index (χ1) is 16.4. The van der Waals surface area contributed by atoms with Crippen molar-refractivity contribution in [2.45, 2.75) is 58.4 Å². The van der Waals surface area contributed by atoms with Crippen LogP contribution in [0.5, 0.6) is 11.5 Å². The van der Waals surface area contributed by atoms with Gasteiger partial charge in [-0.1, -0.05) is 36.7 Å². The van der Waals surface area contributed by atoms with Crippen molar-refractivity contribution in [1.82, 2.24) is 4.90 Å². The highest BCUT2D eigenvalue weighted by atomic mass is 32.2. The van der Waals surface area contributed by atoms with Gasteiger partial charge in [-0.15, -0.1) is 0 Å². The smallest absolute Gasteiger partial charge is 0.261 e. The van der Waals surface area contributed by atoms with Gasteiger partial charge in [0.25, 0.3) is 11.8 Å². The molecule has 1 aliphatic rings. The summed E-state index contributed by atoms with van der Waals surface area (Å²) in [5, 5.41) is 0.175. The number of unbranched alkanes of at least 4 members (excludes halogenated alkanes) is 3. The number of rotatable bonds is 12. The van der Waals surface area contributed by atoms with Crippen LogP contribution in [-0.4, -0.2) is 47.8 Å². The highest BCUT2D eigenvalue weighted by Crippen LogP contribution is 2.33. The number of ether oxygens (including phenoxy) is 2. The molecule has 0 aromatic heterocycles. The average Bonchev–Trinajstić information content (AvgIpc) is 3.08. The Morgan fingerprint density at radius 1 is 0.912 bits per heavy atom. The zero-order valence-electron chi connectivity index (χ0n) is 20.4. The predicted molar refractivity (Wildman–Crippen MR) is 135 cm³/mol. The number of thioether (sulfide) groups is 1. The largest absolute Gasteiger partial charge is 0.496 e. The second-order valence-corrected chi connectivity index (χ2v) is 9.83. The number of methoxy groups -OCH3 is 2. The minimum Gasteiger partial charge on any atom is -0.496 e. The zero-order valence-corrected chi connectivity index (χ0v) is 21.2. The molecule has 3 rings (SSSR count). The molecule has 1 heterocycles. The maximum Gasteiger partial charge on any atom is 0.261 e. The number of aryl methyl sites for hydroxylation is 1. The standard InChI is InChI=1S/C27H33NO5S/c1-18(28-26(30)22-12-8-9-13-23(22)27(28)31)15-21-17-24(32-3)20(16-25(21)33-4)11-7-5-6-10-14-34-19(2)29/h8-9,12-13,16-18H,5-7,10-11,14-15H2,1-4H3. The third-order valence-corrected chi connectivity index (χ3v) is 7.01. The first kappa shape index (κ1) is 25.8. The first-order valence-corrected chi connectivity index (χ1v) is 12.7. The van der Waals surface area contributed by atoms with Crippen LogP contribution in [0.15, 0.2) is 36.4 Å². The maximum atomic E-state index is 12.8. The van der Waals surface area contributed by atoms with Crippen LogP contribution in [0.4, 0.5) is 0 Å². The fraction of sp³-hybridized carbons (Fsp3) is 0.444. The number of hydrogen-bond donors (Lipinski definition) is 0. The molecule has 0 N–H and O–H groups in total. The molecule has 1 aliphatic heterocycles. The lowest BCUT2D eigenvalue weighted by Gasteiger charge is -2.24. The molecule has 1 unspecified atom stereocenters. The van der Waals surface area contributed by atoms with E-state index in [1.165, 1.54) is 16.7 Å². The molecular formula is C27H33NO5S. The van der Waals surface area contributed by atoms with Crippen LogP contribution in [0, 0.1) is 0 Å². The second kappa shape index (κ2) is 12.1.